The molecule has 8 heteroatoms. The van der Waals surface area contributed by atoms with Crippen LogP contribution in [0.25, 0.3) is 11.4 Å². The fourth-order valence-corrected chi connectivity index (χ4v) is 4.45. The van der Waals surface area contributed by atoms with Crippen molar-refractivity contribution in [2.24, 2.45) is 0 Å². The number of nitriles is 1. The van der Waals surface area contributed by atoms with Gasteiger partial charge in [0.2, 0.25) is 0 Å². The lowest BCUT2D eigenvalue weighted by Gasteiger charge is -2.21. The van der Waals surface area contributed by atoms with Crippen molar-refractivity contribution in [3.8, 4) is 17.5 Å². The summed E-state index contributed by atoms with van der Waals surface area (Å²) in [6.45, 7) is 2.86. The van der Waals surface area contributed by atoms with Gasteiger partial charge in [0.25, 0.3) is 0 Å². The van der Waals surface area contributed by atoms with Crippen LogP contribution in [0.2, 0.25) is 0 Å². The zero-order chi connectivity index (χ0) is 25.5. The van der Waals surface area contributed by atoms with Crippen LogP contribution < -0.4 is 0 Å². The molecule has 0 unspecified atom stereocenters. The molecule has 0 atom stereocenters. The van der Waals surface area contributed by atoms with Crippen molar-refractivity contribution < 1.29 is 0 Å². The van der Waals surface area contributed by atoms with Gasteiger partial charge < -0.3 is 9.55 Å². The minimum Gasteiger partial charge on any atom is -0.341 e. The van der Waals surface area contributed by atoms with Gasteiger partial charge in [-0.3, -0.25) is 4.90 Å². The molecule has 37 heavy (non-hydrogen) atoms. The van der Waals surface area contributed by atoms with Crippen LogP contribution in [0.15, 0.2) is 95.9 Å². The molecule has 184 valence electrons. The number of aromatic nitrogens is 5. The Bertz CT molecular complexity index is 1470. The lowest BCUT2D eigenvalue weighted by molar-refractivity contribution is 0.247. The van der Waals surface area contributed by atoms with E-state index in [0.29, 0.717) is 25.2 Å². The van der Waals surface area contributed by atoms with Crippen LogP contribution in [0.5, 0.6) is 0 Å². The van der Waals surface area contributed by atoms with E-state index in [9.17, 15) is 0 Å². The number of hydrogen-bond donors (Lipinski definition) is 1. The summed E-state index contributed by atoms with van der Waals surface area (Å²) in [7, 11) is 0. The number of halogens is 1. The largest absolute Gasteiger partial charge is 0.341 e. The number of H-pyrrole nitrogens is 1. The normalized spacial score (nSPS) is 11.1. The highest BCUT2D eigenvalue weighted by Crippen LogP contribution is 2.18. The number of nitrogens with zero attached hydrogens (tertiary/aromatic N) is 6. The van der Waals surface area contributed by atoms with Crippen molar-refractivity contribution in [2.75, 3.05) is 6.54 Å². The van der Waals surface area contributed by atoms with Crippen LogP contribution in [0.1, 0.15) is 28.2 Å². The smallest absolute Gasteiger partial charge is 0.147 e. The minimum absolute atomic E-state index is 0.645. The van der Waals surface area contributed by atoms with Gasteiger partial charge in [-0.25, -0.2) is 4.98 Å². The van der Waals surface area contributed by atoms with Gasteiger partial charge in [-0.15, -0.1) is 10.2 Å². The highest BCUT2D eigenvalue weighted by atomic mass is 79.9. The Morgan fingerprint density at radius 3 is 2.43 bits per heavy atom. The van der Waals surface area contributed by atoms with E-state index in [0.717, 1.165) is 45.9 Å². The number of benzene rings is 3. The number of hydrogen-bond acceptors (Lipinski definition) is 5. The maximum atomic E-state index is 9.07. The Morgan fingerprint density at radius 1 is 0.919 bits per heavy atom. The van der Waals surface area contributed by atoms with Crippen LogP contribution in [-0.4, -0.2) is 36.2 Å². The standard InChI is InChI=1S/C29H26BrN7/c30-26-12-10-22(11-13-26)14-15-36(19-27-17-32-29(34-27)25-4-2-1-3-5-25)20-28-35-33-21-37(28)18-24-8-6-23(16-31)7-9-24/h1-13,17,21H,14-15,18-20H2,(H,32,34). The third kappa shape index (κ3) is 6.58. The first kappa shape index (κ1) is 24.6. The molecule has 7 nitrogen and oxygen atoms in total. The van der Waals surface area contributed by atoms with Crippen LogP contribution >= 0.6 is 15.9 Å². The molecule has 0 aliphatic rings. The second-order valence-electron chi connectivity index (χ2n) is 8.89. The summed E-state index contributed by atoms with van der Waals surface area (Å²) in [6.07, 6.45) is 4.59. The average molecular weight is 552 g/mol. The fourth-order valence-electron chi connectivity index (χ4n) is 4.19. The highest BCUT2D eigenvalue weighted by molar-refractivity contribution is 9.10. The quantitative estimate of drug-likeness (QED) is 0.244. The summed E-state index contributed by atoms with van der Waals surface area (Å²) in [4.78, 5) is 10.5. The Hall–Kier alpha value is -4.06. The van der Waals surface area contributed by atoms with E-state index >= 15 is 0 Å². The van der Waals surface area contributed by atoms with Crippen molar-refractivity contribution in [3.05, 3.63) is 124 Å². The average Bonchev–Trinajstić information content (AvgIpc) is 3.59. The topological polar surface area (TPSA) is 86.4 Å². The predicted molar refractivity (Wildman–Crippen MR) is 146 cm³/mol. The summed E-state index contributed by atoms with van der Waals surface area (Å²) < 4.78 is 3.14. The summed E-state index contributed by atoms with van der Waals surface area (Å²) in [5, 5.41) is 17.7. The summed E-state index contributed by atoms with van der Waals surface area (Å²) in [6, 6.07) is 28.4. The molecule has 0 saturated heterocycles. The Kier molecular flexibility index (Phi) is 7.84. The lowest BCUT2D eigenvalue weighted by atomic mass is 10.1. The first-order chi connectivity index (χ1) is 18.2. The van der Waals surface area contributed by atoms with Crippen LogP contribution in [-0.2, 0) is 26.1 Å². The second kappa shape index (κ2) is 11.8. The van der Waals surface area contributed by atoms with Crippen LogP contribution in [0.3, 0.4) is 0 Å². The molecule has 5 aromatic rings. The molecule has 5 rings (SSSR count). The van der Waals surface area contributed by atoms with E-state index in [1.54, 1.807) is 6.33 Å². The maximum absolute atomic E-state index is 9.07. The fraction of sp³-hybridized carbons (Fsp3) is 0.172. The molecule has 2 aromatic heterocycles. The molecule has 0 saturated carbocycles. The van der Waals surface area contributed by atoms with E-state index in [1.807, 2.05) is 48.7 Å². The van der Waals surface area contributed by atoms with Gasteiger partial charge in [0.15, 0.2) is 0 Å². The molecule has 0 amide bonds. The third-order valence-electron chi connectivity index (χ3n) is 6.20. The number of aromatic amines is 1. The molecule has 0 aliphatic carbocycles. The lowest BCUT2D eigenvalue weighted by Crippen LogP contribution is -2.27. The van der Waals surface area contributed by atoms with Gasteiger partial charge in [0, 0.05) is 35.0 Å². The first-order valence-corrected chi connectivity index (χ1v) is 12.9. The van der Waals surface area contributed by atoms with Crippen LogP contribution in [0, 0.1) is 11.3 Å². The van der Waals surface area contributed by atoms with Gasteiger partial charge in [-0.2, -0.15) is 5.26 Å². The molecule has 0 bridgehead atoms. The van der Waals surface area contributed by atoms with Crippen LogP contribution in [0.4, 0.5) is 0 Å². The predicted octanol–water partition coefficient (Wildman–Crippen LogP) is 5.60. The van der Waals surface area contributed by atoms with Crippen molar-refractivity contribution in [2.45, 2.75) is 26.1 Å². The SMILES string of the molecule is N#Cc1ccc(Cn2cnnc2CN(CCc2ccc(Br)cc2)Cc2cnc(-c3ccccc3)[nH]2)cc1. The molecule has 3 aromatic carbocycles. The summed E-state index contributed by atoms with van der Waals surface area (Å²) in [5.74, 6) is 1.76. The number of rotatable bonds is 10. The van der Waals surface area contributed by atoms with Crippen molar-refractivity contribution in [1.29, 1.82) is 5.26 Å². The first-order valence-electron chi connectivity index (χ1n) is 12.1. The number of nitrogens with one attached hydrogen (secondary N) is 1. The molecular formula is C29H26BrN7. The molecule has 0 aliphatic heterocycles. The van der Waals surface area contributed by atoms with Gasteiger partial charge in [0.05, 0.1) is 24.7 Å². The van der Waals surface area contributed by atoms with E-state index in [2.05, 4.69) is 88.0 Å². The molecular weight excluding hydrogens is 526 g/mol. The van der Waals surface area contributed by atoms with Crippen molar-refractivity contribution in [1.82, 2.24) is 29.6 Å². The van der Waals surface area contributed by atoms with E-state index in [4.69, 9.17) is 5.26 Å². The third-order valence-corrected chi connectivity index (χ3v) is 6.72. The van der Waals surface area contributed by atoms with E-state index in [-0.39, 0.29) is 0 Å². The number of imidazole rings is 1. The molecule has 0 spiro atoms. The van der Waals surface area contributed by atoms with Gasteiger partial charge >= 0.3 is 0 Å². The molecule has 2 heterocycles. The maximum Gasteiger partial charge on any atom is 0.147 e. The monoisotopic (exact) mass is 551 g/mol. The van der Waals surface area contributed by atoms with E-state index in [1.165, 1.54) is 5.56 Å². The zero-order valence-electron chi connectivity index (χ0n) is 20.3. The van der Waals surface area contributed by atoms with Gasteiger partial charge in [-0.05, 0) is 41.8 Å². The second-order valence-corrected chi connectivity index (χ2v) is 9.81. The van der Waals surface area contributed by atoms with Crippen molar-refractivity contribution in [3.63, 3.8) is 0 Å². The van der Waals surface area contributed by atoms with Gasteiger partial charge in [0.1, 0.15) is 18.0 Å². The Balaban J connectivity index is 1.33. The van der Waals surface area contributed by atoms with Gasteiger partial charge in [-0.1, -0.05) is 70.5 Å². The molecule has 0 fully saturated rings. The summed E-state index contributed by atoms with van der Waals surface area (Å²) >= 11 is 3.52. The molecule has 0 radical (unpaired) electrons. The Morgan fingerprint density at radius 2 is 1.68 bits per heavy atom. The summed E-state index contributed by atoms with van der Waals surface area (Å²) in [5.41, 5.74) is 5.15. The zero-order valence-corrected chi connectivity index (χ0v) is 21.8. The van der Waals surface area contributed by atoms with Crippen molar-refractivity contribution >= 4 is 15.9 Å². The van der Waals surface area contributed by atoms with E-state index < -0.39 is 0 Å². The Labute approximate surface area is 224 Å². The minimum atomic E-state index is 0.645. The molecule has 1 N–H and O–H groups in total. The highest BCUT2D eigenvalue weighted by Gasteiger charge is 2.15.